The molecule has 10 heavy (non-hydrogen) atoms. The summed E-state index contributed by atoms with van der Waals surface area (Å²) >= 11 is 0. The second-order valence-electron chi connectivity index (χ2n) is 2.38. The lowest BCUT2D eigenvalue weighted by Crippen LogP contribution is -2.25. The van der Waals surface area contributed by atoms with Crippen LogP contribution in [0.4, 0.5) is 0 Å². The third-order valence-corrected chi connectivity index (χ3v) is 1.67. The predicted molar refractivity (Wildman–Crippen MR) is 40.5 cm³/mol. The zero-order valence-electron chi connectivity index (χ0n) is 6.00. The predicted octanol–water partition coefficient (Wildman–Crippen LogP) is 1.01. The van der Waals surface area contributed by atoms with Crippen LogP contribution >= 0.6 is 0 Å². The number of hydrogen-bond donors (Lipinski definition) is 1. The van der Waals surface area contributed by atoms with E-state index in [2.05, 4.69) is 11.4 Å². The van der Waals surface area contributed by atoms with Gasteiger partial charge in [0, 0.05) is 6.04 Å². The van der Waals surface area contributed by atoms with Gasteiger partial charge < -0.3 is 5.32 Å². The van der Waals surface area contributed by atoms with E-state index in [0.29, 0.717) is 0 Å². The second kappa shape index (κ2) is 3.20. The highest BCUT2D eigenvalue weighted by molar-refractivity contribution is 5.48. The van der Waals surface area contributed by atoms with Crippen molar-refractivity contribution in [1.29, 1.82) is 0 Å². The second-order valence-corrected chi connectivity index (χ2v) is 2.38. The highest BCUT2D eigenvalue weighted by Crippen LogP contribution is 2.13. The van der Waals surface area contributed by atoms with Crippen LogP contribution in [0.15, 0.2) is 23.8 Å². The summed E-state index contributed by atoms with van der Waals surface area (Å²) in [4.78, 5) is 10.0. The zero-order chi connectivity index (χ0) is 7.40. The first-order valence-corrected chi connectivity index (χ1v) is 3.40. The minimum absolute atomic E-state index is 0.187. The quantitative estimate of drug-likeness (QED) is 0.578. The molecule has 2 heteroatoms. The van der Waals surface area contributed by atoms with E-state index in [0.717, 1.165) is 12.8 Å². The summed E-state index contributed by atoms with van der Waals surface area (Å²) in [6.45, 7) is 1.98. The summed E-state index contributed by atoms with van der Waals surface area (Å²) in [6, 6.07) is 0.187. The molecular weight excluding hydrogens is 126 g/mol. The smallest absolute Gasteiger partial charge is 0.207 e. The van der Waals surface area contributed by atoms with Gasteiger partial charge in [0.2, 0.25) is 6.41 Å². The molecule has 1 amide bonds. The lowest BCUT2D eigenvalue weighted by molar-refractivity contribution is -0.109. The fraction of sp³-hybridized carbons (Fsp3) is 0.375. The molecule has 0 saturated heterocycles. The Bertz CT molecular complexity index is 182. The first kappa shape index (κ1) is 7.06. The molecule has 1 atom stereocenters. The maximum atomic E-state index is 10.0. The van der Waals surface area contributed by atoms with Gasteiger partial charge in [-0.2, -0.15) is 0 Å². The van der Waals surface area contributed by atoms with Gasteiger partial charge in [-0.25, -0.2) is 0 Å². The van der Waals surface area contributed by atoms with Crippen molar-refractivity contribution >= 4 is 6.41 Å². The van der Waals surface area contributed by atoms with Crippen molar-refractivity contribution < 1.29 is 4.79 Å². The van der Waals surface area contributed by atoms with Crippen molar-refractivity contribution in [3.8, 4) is 0 Å². The third kappa shape index (κ3) is 1.47. The Labute approximate surface area is 60.6 Å². The molecule has 0 aromatic carbocycles. The van der Waals surface area contributed by atoms with Crippen LogP contribution in [0.25, 0.3) is 0 Å². The number of carbonyl (C=O) groups is 1. The molecule has 54 valence electrons. The van der Waals surface area contributed by atoms with Crippen molar-refractivity contribution in [3.63, 3.8) is 0 Å². The Morgan fingerprint density at radius 3 is 3.10 bits per heavy atom. The van der Waals surface area contributed by atoms with Crippen LogP contribution < -0.4 is 5.32 Å². The summed E-state index contributed by atoms with van der Waals surface area (Å²) in [6.07, 6.45) is 7.85. The lowest BCUT2D eigenvalue weighted by Gasteiger charge is -2.10. The number of nitrogens with one attached hydrogen (secondary N) is 1. The zero-order valence-corrected chi connectivity index (χ0v) is 6.00. The molecule has 0 heterocycles. The number of allylic oxidation sites excluding steroid dienone is 3. The van der Waals surface area contributed by atoms with Crippen LogP contribution in [-0.4, -0.2) is 12.5 Å². The van der Waals surface area contributed by atoms with Gasteiger partial charge in [0.05, 0.1) is 0 Å². The van der Waals surface area contributed by atoms with Crippen LogP contribution in [0.1, 0.15) is 13.3 Å². The summed E-state index contributed by atoms with van der Waals surface area (Å²) in [5.41, 5.74) is 1.27. The lowest BCUT2D eigenvalue weighted by atomic mass is 10.1. The fourth-order valence-corrected chi connectivity index (χ4v) is 0.994. The van der Waals surface area contributed by atoms with E-state index in [1.54, 1.807) is 0 Å². The molecular formula is C8H11NO. The van der Waals surface area contributed by atoms with Crippen molar-refractivity contribution in [1.82, 2.24) is 5.32 Å². The van der Waals surface area contributed by atoms with Gasteiger partial charge in [-0.1, -0.05) is 18.2 Å². The number of hydrogen-bond acceptors (Lipinski definition) is 1. The first-order chi connectivity index (χ1) is 4.84. The van der Waals surface area contributed by atoms with E-state index in [-0.39, 0.29) is 6.04 Å². The molecule has 0 radical (unpaired) electrons. The molecule has 1 rings (SSSR count). The molecule has 1 aliphatic carbocycles. The molecule has 2 nitrogen and oxygen atoms in total. The van der Waals surface area contributed by atoms with E-state index < -0.39 is 0 Å². The molecule has 0 fully saturated rings. The Morgan fingerprint density at radius 2 is 2.60 bits per heavy atom. The Kier molecular flexibility index (Phi) is 2.26. The number of amides is 1. The van der Waals surface area contributed by atoms with Gasteiger partial charge in [0.15, 0.2) is 0 Å². The van der Waals surface area contributed by atoms with Crippen LogP contribution in [0.3, 0.4) is 0 Å². The summed E-state index contributed by atoms with van der Waals surface area (Å²) in [7, 11) is 0. The monoisotopic (exact) mass is 137 g/mol. The molecule has 0 aromatic rings. The highest BCUT2D eigenvalue weighted by Gasteiger charge is 2.06. The molecule has 0 spiro atoms. The fourth-order valence-electron chi connectivity index (χ4n) is 0.994. The van der Waals surface area contributed by atoms with Crippen molar-refractivity contribution in [2.45, 2.75) is 19.4 Å². The van der Waals surface area contributed by atoms with Crippen LogP contribution in [0, 0.1) is 0 Å². The number of carbonyl (C=O) groups excluding carboxylic acids is 1. The molecule has 1 N–H and O–H groups in total. The van der Waals surface area contributed by atoms with Gasteiger partial charge in [-0.05, 0) is 18.9 Å². The van der Waals surface area contributed by atoms with Gasteiger partial charge in [-0.3, -0.25) is 4.79 Å². The average Bonchev–Trinajstić information content (AvgIpc) is 2.38. The van der Waals surface area contributed by atoms with Gasteiger partial charge in [0.1, 0.15) is 0 Å². The van der Waals surface area contributed by atoms with Gasteiger partial charge >= 0.3 is 0 Å². The average molecular weight is 137 g/mol. The van der Waals surface area contributed by atoms with Crippen molar-refractivity contribution in [2.75, 3.05) is 0 Å². The Morgan fingerprint density at radius 1 is 1.80 bits per heavy atom. The standard InChI is InChI=1S/C8H11NO/c1-7(9-6-10)8-4-2-3-5-8/h2-4,6-7H,5H2,1H3,(H,9,10). The minimum Gasteiger partial charge on any atom is -0.352 e. The van der Waals surface area contributed by atoms with E-state index in [1.165, 1.54) is 5.57 Å². The van der Waals surface area contributed by atoms with Gasteiger partial charge in [-0.15, -0.1) is 0 Å². The molecule has 0 bridgehead atoms. The van der Waals surface area contributed by atoms with E-state index >= 15 is 0 Å². The van der Waals surface area contributed by atoms with E-state index in [9.17, 15) is 4.79 Å². The molecule has 0 aromatic heterocycles. The number of rotatable bonds is 3. The van der Waals surface area contributed by atoms with Crippen LogP contribution in [0.5, 0.6) is 0 Å². The normalized spacial score (nSPS) is 18.3. The summed E-state index contributed by atoms with van der Waals surface area (Å²) < 4.78 is 0. The minimum atomic E-state index is 0.187. The molecule has 0 saturated carbocycles. The summed E-state index contributed by atoms with van der Waals surface area (Å²) in [5, 5.41) is 2.70. The van der Waals surface area contributed by atoms with E-state index in [4.69, 9.17) is 0 Å². The largest absolute Gasteiger partial charge is 0.352 e. The maximum Gasteiger partial charge on any atom is 0.207 e. The Balaban J connectivity index is 2.42. The molecule has 1 unspecified atom stereocenters. The van der Waals surface area contributed by atoms with Crippen LogP contribution in [-0.2, 0) is 4.79 Å². The maximum absolute atomic E-state index is 10.0. The third-order valence-electron chi connectivity index (χ3n) is 1.67. The first-order valence-electron chi connectivity index (χ1n) is 3.40. The highest BCUT2D eigenvalue weighted by atomic mass is 16.1. The SMILES string of the molecule is CC(NC=O)C1=CC=CC1. The van der Waals surface area contributed by atoms with Crippen molar-refractivity contribution in [2.24, 2.45) is 0 Å². The van der Waals surface area contributed by atoms with Gasteiger partial charge in [0.25, 0.3) is 0 Å². The molecule has 1 aliphatic rings. The van der Waals surface area contributed by atoms with Crippen molar-refractivity contribution in [3.05, 3.63) is 23.8 Å². The molecule has 0 aliphatic heterocycles. The van der Waals surface area contributed by atoms with Crippen LogP contribution in [0.2, 0.25) is 0 Å². The topological polar surface area (TPSA) is 29.1 Å². The summed E-state index contributed by atoms with van der Waals surface area (Å²) in [5.74, 6) is 0. The van der Waals surface area contributed by atoms with E-state index in [1.807, 2.05) is 19.1 Å². The Hall–Kier alpha value is -1.05.